The van der Waals surface area contributed by atoms with E-state index in [4.69, 9.17) is 10.5 Å². The smallest absolute Gasteiger partial charge is 0.119 e. The third kappa shape index (κ3) is 2.54. The minimum atomic E-state index is -0.177. The van der Waals surface area contributed by atoms with Crippen molar-refractivity contribution < 1.29 is 4.74 Å². The molecule has 0 fully saturated rings. The Morgan fingerprint density at radius 2 is 2.22 bits per heavy atom. The molecule has 4 heteroatoms. The Morgan fingerprint density at radius 3 is 2.83 bits per heavy atom. The number of hydrogen-bond donors (Lipinski definition) is 1. The first-order valence-corrected chi connectivity index (χ1v) is 6.83. The van der Waals surface area contributed by atoms with Crippen LogP contribution in [0.5, 0.6) is 5.75 Å². The zero-order valence-corrected chi connectivity index (χ0v) is 11.8. The van der Waals surface area contributed by atoms with E-state index in [0.29, 0.717) is 0 Å². The lowest BCUT2D eigenvalue weighted by molar-refractivity contribution is 0.414. The maximum Gasteiger partial charge on any atom is 0.119 e. The minimum absolute atomic E-state index is 0.177. The van der Waals surface area contributed by atoms with E-state index in [2.05, 4.69) is 18.8 Å². The zero-order valence-electron chi connectivity index (χ0n) is 10.9. The van der Waals surface area contributed by atoms with Crippen LogP contribution in [0.15, 0.2) is 24.3 Å². The third-order valence-electron chi connectivity index (χ3n) is 2.96. The van der Waals surface area contributed by atoms with Crippen molar-refractivity contribution >= 4 is 11.3 Å². The van der Waals surface area contributed by atoms with Gasteiger partial charge in [-0.3, -0.25) is 0 Å². The highest BCUT2D eigenvalue weighted by Crippen LogP contribution is 2.28. The molecule has 2 rings (SSSR count). The van der Waals surface area contributed by atoms with Crippen molar-refractivity contribution in [1.82, 2.24) is 4.98 Å². The topological polar surface area (TPSA) is 48.1 Å². The summed E-state index contributed by atoms with van der Waals surface area (Å²) in [6, 6.07) is 7.67. The van der Waals surface area contributed by atoms with Gasteiger partial charge in [-0.15, -0.1) is 11.3 Å². The Labute approximate surface area is 112 Å². The fourth-order valence-corrected chi connectivity index (χ4v) is 2.93. The molecule has 0 saturated heterocycles. The van der Waals surface area contributed by atoms with E-state index < -0.39 is 0 Å². The van der Waals surface area contributed by atoms with E-state index in [0.717, 1.165) is 28.4 Å². The van der Waals surface area contributed by atoms with Crippen LogP contribution in [0.1, 0.15) is 34.1 Å². The van der Waals surface area contributed by atoms with Crippen molar-refractivity contribution in [2.24, 2.45) is 5.73 Å². The molecule has 3 nitrogen and oxygen atoms in total. The number of nitrogens with zero attached hydrogens (tertiary/aromatic N) is 1. The summed E-state index contributed by atoms with van der Waals surface area (Å²) in [7, 11) is 1.66. The van der Waals surface area contributed by atoms with Gasteiger partial charge in [0.15, 0.2) is 0 Å². The average molecular weight is 262 g/mol. The van der Waals surface area contributed by atoms with Gasteiger partial charge in [-0.2, -0.15) is 0 Å². The van der Waals surface area contributed by atoms with Crippen LogP contribution < -0.4 is 10.5 Å². The second-order valence-corrected chi connectivity index (χ2v) is 5.40. The Kier molecular flexibility index (Phi) is 3.99. The Balaban J connectivity index is 2.31. The molecule has 0 bridgehead atoms. The SMILES string of the molecule is CCc1nc(C(N)c2cccc(OC)c2)sc1C. The quantitative estimate of drug-likeness (QED) is 0.921. The van der Waals surface area contributed by atoms with Crippen LogP contribution in [0.2, 0.25) is 0 Å². The van der Waals surface area contributed by atoms with Gasteiger partial charge >= 0.3 is 0 Å². The molecule has 1 aromatic carbocycles. The predicted octanol–water partition coefficient (Wildman–Crippen LogP) is 3.07. The van der Waals surface area contributed by atoms with E-state index in [9.17, 15) is 0 Å². The lowest BCUT2D eigenvalue weighted by Gasteiger charge is -2.10. The molecule has 1 aromatic heterocycles. The molecule has 18 heavy (non-hydrogen) atoms. The molecule has 0 aliphatic rings. The van der Waals surface area contributed by atoms with Crippen molar-refractivity contribution in [2.45, 2.75) is 26.3 Å². The standard InChI is InChI=1S/C14H18N2OS/c1-4-12-9(2)18-14(16-12)13(15)10-6-5-7-11(8-10)17-3/h5-8,13H,4,15H2,1-3H3. The molecule has 1 unspecified atom stereocenters. The Hall–Kier alpha value is -1.39. The second kappa shape index (κ2) is 5.50. The maximum absolute atomic E-state index is 6.27. The number of aromatic nitrogens is 1. The maximum atomic E-state index is 6.27. The van der Waals surface area contributed by atoms with Gasteiger partial charge in [0.05, 0.1) is 18.8 Å². The lowest BCUT2D eigenvalue weighted by atomic mass is 10.1. The monoisotopic (exact) mass is 262 g/mol. The van der Waals surface area contributed by atoms with Gasteiger partial charge in [-0.05, 0) is 31.0 Å². The van der Waals surface area contributed by atoms with Crippen LogP contribution in [0.3, 0.4) is 0 Å². The summed E-state index contributed by atoms with van der Waals surface area (Å²) >= 11 is 1.68. The van der Waals surface area contributed by atoms with E-state index in [-0.39, 0.29) is 6.04 Å². The molecule has 0 aliphatic heterocycles. The van der Waals surface area contributed by atoms with E-state index in [1.54, 1.807) is 18.4 Å². The molecule has 0 saturated carbocycles. The number of hydrogen-bond acceptors (Lipinski definition) is 4. The van der Waals surface area contributed by atoms with Crippen molar-refractivity contribution in [2.75, 3.05) is 7.11 Å². The highest BCUT2D eigenvalue weighted by atomic mass is 32.1. The first kappa shape index (κ1) is 13.1. The highest BCUT2D eigenvalue weighted by Gasteiger charge is 2.15. The molecule has 1 heterocycles. The number of thiazole rings is 1. The van der Waals surface area contributed by atoms with Crippen LogP contribution in [-0.2, 0) is 6.42 Å². The predicted molar refractivity (Wildman–Crippen MR) is 75.3 cm³/mol. The van der Waals surface area contributed by atoms with Crippen molar-refractivity contribution in [3.63, 3.8) is 0 Å². The molecular weight excluding hydrogens is 244 g/mol. The second-order valence-electron chi connectivity index (χ2n) is 4.16. The van der Waals surface area contributed by atoms with Crippen molar-refractivity contribution in [3.05, 3.63) is 45.4 Å². The van der Waals surface area contributed by atoms with Crippen LogP contribution in [0, 0.1) is 6.92 Å². The summed E-state index contributed by atoms with van der Waals surface area (Å²) in [5, 5.41) is 0.970. The summed E-state index contributed by atoms with van der Waals surface area (Å²) in [5.41, 5.74) is 8.45. The molecule has 96 valence electrons. The van der Waals surface area contributed by atoms with Gasteiger partial charge in [0.2, 0.25) is 0 Å². The van der Waals surface area contributed by atoms with Crippen molar-refractivity contribution in [3.8, 4) is 5.75 Å². The Bertz CT molecular complexity index is 536. The number of ether oxygens (including phenoxy) is 1. The van der Waals surface area contributed by atoms with Crippen LogP contribution in [-0.4, -0.2) is 12.1 Å². The first-order valence-electron chi connectivity index (χ1n) is 6.01. The summed E-state index contributed by atoms with van der Waals surface area (Å²) < 4.78 is 5.22. The van der Waals surface area contributed by atoms with Gasteiger partial charge in [0, 0.05) is 4.88 Å². The van der Waals surface area contributed by atoms with Gasteiger partial charge in [0.25, 0.3) is 0 Å². The lowest BCUT2D eigenvalue weighted by Crippen LogP contribution is -2.11. The van der Waals surface area contributed by atoms with Crippen LogP contribution in [0.4, 0.5) is 0 Å². The van der Waals surface area contributed by atoms with Gasteiger partial charge < -0.3 is 10.5 Å². The average Bonchev–Trinajstić information content (AvgIpc) is 2.79. The molecule has 2 aromatic rings. The number of rotatable bonds is 4. The number of methoxy groups -OCH3 is 1. The summed E-state index contributed by atoms with van der Waals surface area (Å²) in [6.07, 6.45) is 0.952. The summed E-state index contributed by atoms with van der Waals surface area (Å²) in [4.78, 5) is 5.87. The molecule has 2 N–H and O–H groups in total. The van der Waals surface area contributed by atoms with Gasteiger partial charge in [0.1, 0.15) is 10.8 Å². The number of benzene rings is 1. The van der Waals surface area contributed by atoms with Crippen LogP contribution >= 0.6 is 11.3 Å². The first-order chi connectivity index (χ1) is 8.65. The normalized spacial score (nSPS) is 12.4. The molecule has 0 radical (unpaired) electrons. The van der Waals surface area contributed by atoms with Crippen LogP contribution in [0.25, 0.3) is 0 Å². The molecule has 0 amide bonds. The van der Waals surface area contributed by atoms with E-state index in [1.807, 2.05) is 24.3 Å². The molecule has 1 atom stereocenters. The minimum Gasteiger partial charge on any atom is -0.497 e. The van der Waals surface area contributed by atoms with E-state index in [1.165, 1.54) is 4.88 Å². The molecule has 0 aliphatic carbocycles. The van der Waals surface area contributed by atoms with Gasteiger partial charge in [-0.25, -0.2) is 4.98 Å². The molecule has 0 spiro atoms. The number of nitrogens with two attached hydrogens (primary N) is 1. The fourth-order valence-electron chi connectivity index (χ4n) is 1.89. The third-order valence-corrected chi connectivity index (χ3v) is 4.06. The molecular formula is C14H18N2OS. The highest BCUT2D eigenvalue weighted by molar-refractivity contribution is 7.11. The van der Waals surface area contributed by atoms with Crippen molar-refractivity contribution in [1.29, 1.82) is 0 Å². The fraction of sp³-hybridized carbons (Fsp3) is 0.357. The Morgan fingerprint density at radius 1 is 1.44 bits per heavy atom. The number of aryl methyl sites for hydroxylation is 2. The van der Waals surface area contributed by atoms with E-state index >= 15 is 0 Å². The zero-order chi connectivity index (χ0) is 13.1. The summed E-state index contributed by atoms with van der Waals surface area (Å²) in [5.74, 6) is 0.826. The van der Waals surface area contributed by atoms with Gasteiger partial charge in [-0.1, -0.05) is 19.1 Å². The summed E-state index contributed by atoms with van der Waals surface area (Å²) in [6.45, 7) is 4.21. The largest absolute Gasteiger partial charge is 0.497 e.